The molecule has 2 aromatic rings. The SMILES string of the molecule is CC1c2ccccc2-c2ccc3c(c21)C1C=CC=CC1N3C. The van der Waals surface area contributed by atoms with Crippen LogP contribution >= 0.6 is 0 Å². The summed E-state index contributed by atoms with van der Waals surface area (Å²) in [5, 5.41) is 0. The summed E-state index contributed by atoms with van der Waals surface area (Å²) >= 11 is 0. The van der Waals surface area contributed by atoms with Crippen molar-refractivity contribution in [2.24, 2.45) is 0 Å². The van der Waals surface area contributed by atoms with E-state index in [1.165, 1.54) is 22.4 Å². The van der Waals surface area contributed by atoms with E-state index in [2.05, 4.69) is 79.6 Å². The Balaban J connectivity index is 1.80. The summed E-state index contributed by atoms with van der Waals surface area (Å²) in [5.74, 6) is 0.990. The molecule has 0 aromatic heterocycles. The van der Waals surface area contributed by atoms with Gasteiger partial charge in [0.15, 0.2) is 0 Å². The van der Waals surface area contributed by atoms with Crippen LogP contribution in [0.2, 0.25) is 0 Å². The second-order valence-corrected chi connectivity index (χ2v) is 6.67. The summed E-state index contributed by atoms with van der Waals surface area (Å²) in [6, 6.07) is 14.0. The van der Waals surface area contributed by atoms with Crippen molar-refractivity contribution in [3.05, 3.63) is 77.4 Å². The zero-order valence-electron chi connectivity index (χ0n) is 13.0. The van der Waals surface area contributed by atoms with Crippen molar-refractivity contribution in [2.45, 2.75) is 24.8 Å². The van der Waals surface area contributed by atoms with E-state index in [0.717, 1.165) is 0 Å². The fourth-order valence-corrected chi connectivity index (χ4v) is 4.65. The van der Waals surface area contributed by atoms with Crippen LogP contribution in [0, 0.1) is 0 Å². The number of allylic oxidation sites excluding steroid dienone is 2. The van der Waals surface area contributed by atoms with E-state index in [4.69, 9.17) is 0 Å². The van der Waals surface area contributed by atoms with Crippen LogP contribution in [-0.4, -0.2) is 13.1 Å². The molecule has 22 heavy (non-hydrogen) atoms. The molecule has 0 radical (unpaired) electrons. The summed E-state index contributed by atoms with van der Waals surface area (Å²) in [6.07, 6.45) is 9.10. The molecule has 0 fully saturated rings. The highest BCUT2D eigenvalue weighted by atomic mass is 15.2. The van der Waals surface area contributed by atoms with Crippen LogP contribution in [0.25, 0.3) is 11.1 Å². The van der Waals surface area contributed by atoms with Crippen molar-refractivity contribution < 1.29 is 0 Å². The average molecular weight is 285 g/mol. The fraction of sp³-hybridized carbons (Fsp3) is 0.238. The summed E-state index contributed by atoms with van der Waals surface area (Å²) in [7, 11) is 2.23. The lowest BCUT2D eigenvalue weighted by atomic mass is 9.84. The van der Waals surface area contributed by atoms with Gasteiger partial charge in [-0.15, -0.1) is 0 Å². The minimum atomic E-state index is 0.474. The molecule has 0 saturated carbocycles. The van der Waals surface area contributed by atoms with Gasteiger partial charge in [-0.05, 0) is 33.9 Å². The standard InChI is InChI=1S/C21H19N/c1-13-14-7-3-4-8-15(14)16-11-12-19-21(20(13)16)17-9-5-6-10-18(17)22(19)2/h3-13,17-18H,1-2H3. The Bertz CT molecular complexity index is 843. The number of likely N-dealkylation sites (N-methyl/N-ethyl adjacent to an activating group) is 1. The second-order valence-electron chi connectivity index (χ2n) is 6.67. The first-order valence-corrected chi connectivity index (χ1v) is 8.11. The Hall–Kier alpha value is -2.28. The van der Waals surface area contributed by atoms with E-state index >= 15 is 0 Å². The van der Waals surface area contributed by atoms with Gasteiger partial charge in [0, 0.05) is 24.6 Å². The van der Waals surface area contributed by atoms with Gasteiger partial charge in [-0.3, -0.25) is 0 Å². The third kappa shape index (κ3) is 1.34. The van der Waals surface area contributed by atoms with E-state index < -0.39 is 0 Å². The molecule has 0 saturated heterocycles. The van der Waals surface area contributed by atoms with Crippen molar-refractivity contribution in [3.8, 4) is 11.1 Å². The molecule has 2 aromatic carbocycles. The maximum absolute atomic E-state index is 2.44. The summed E-state index contributed by atoms with van der Waals surface area (Å²) < 4.78 is 0. The lowest BCUT2D eigenvalue weighted by Gasteiger charge is -2.24. The monoisotopic (exact) mass is 285 g/mol. The first kappa shape index (κ1) is 12.3. The van der Waals surface area contributed by atoms with E-state index in [0.29, 0.717) is 17.9 Å². The number of nitrogens with zero attached hydrogens (tertiary/aromatic N) is 1. The van der Waals surface area contributed by atoms with Gasteiger partial charge in [-0.1, -0.05) is 61.6 Å². The zero-order valence-corrected chi connectivity index (χ0v) is 13.0. The van der Waals surface area contributed by atoms with Gasteiger partial charge >= 0.3 is 0 Å². The molecule has 1 aliphatic heterocycles. The van der Waals surface area contributed by atoms with Gasteiger partial charge in [0.05, 0.1) is 6.04 Å². The molecular weight excluding hydrogens is 266 g/mol. The molecule has 0 spiro atoms. The molecule has 108 valence electrons. The second kappa shape index (κ2) is 4.13. The Morgan fingerprint density at radius 2 is 1.68 bits per heavy atom. The smallest absolute Gasteiger partial charge is 0.0577 e. The van der Waals surface area contributed by atoms with Crippen LogP contribution in [0.4, 0.5) is 5.69 Å². The molecule has 5 rings (SSSR count). The van der Waals surface area contributed by atoms with Crippen LogP contribution < -0.4 is 4.90 Å². The quantitative estimate of drug-likeness (QED) is 0.669. The number of rotatable bonds is 0. The third-order valence-corrected chi connectivity index (χ3v) is 5.68. The number of hydrogen-bond acceptors (Lipinski definition) is 1. The van der Waals surface area contributed by atoms with E-state index in [1.807, 2.05) is 0 Å². The van der Waals surface area contributed by atoms with Crippen molar-refractivity contribution in [1.29, 1.82) is 0 Å². The minimum Gasteiger partial charge on any atom is -0.367 e. The largest absolute Gasteiger partial charge is 0.367 e. The van der Waals surface area contributed by atoms with E-state index in [9.17, 15) is 0 Å². The van der Waals surface area contributed by atoms with Crippen LogP contribution in [0.1, 0.15) is 35.4 Å². The molecule has 1 nitrogen and oxygen atoms in total. The molecular formula is C21H19N. The van der Waals surface area contributed by atoms with Gasteiger partial charge in [0.1, 0.15) is 0 Å². The topological polar surface area (TPSA) is 3.24 Å². The first-order valence-electron chi connectivity index (χ1n) is 8.11. The molecule has 2 aliphatic carbocycles. The molecule has 1 heterocycles. The lowest BCUT2D eigenvalue weighted by molar-refractivity contribution is 0.717. The zero-order chi connectivity index (χ0) is 14.8. The molecule has 0 bridgehead atoms. The molecule has 1 heteroatoms. The number of benzene rings is 2. The van der Waals surface area contributed by atoms with Crippen molar-refractivity contribution in [1.82, 2.24) is 0 Å². The maximum Gasteiger partial charge on any atom is 0.0577 e. The number of hydrogen-bond donors (Lipinski definition) is 0. The van der Waals surface area contributed by atoms with Crippen molar-refractivity contribution in [3.63, 3.8) is 0 Å². The molecule has 3 unspecified atom stereocenters. The highest BCUT2D eigenvalue weighted by Gasteiger charge is 2.40. The summed E-state index contributed by atoms with van der Waals surface area (Å²) in [6.45, 7) is 2.36. The van der Waals surface area contributed by atoms with Crippen LogP contribution in [-0.2, 0) is 0 Å². The normalized spacial score (nSPS) is 26.6. The van der Waals surface area contributed by atoms with Gasteiger partial charge in [0.2, 0.25) is 0 Å². The Labute approximate surface area is 131 Å². The van der Waals surface area contributed by atoms with Crippen LogP contribution in [0.15, 0.2) is 60.7 Å². The van der Waals surface area contributed by atoms with Crippen molar-refractivity contribution in [2.75, 3.05) is 11.9 Å². The van der Waals surface area contributed by atoms with Crippen molar-refractivity contribution >= 4 is 5.69 Å². The highest BCUT2D eigenvalue weighted by Crippen LogP contribution is 2.54. The maximum atomic E-state index is 2.44. The Morgan fingerprint density at radius 1 is 0.864 bits per heavy atom. The minimum absolute atomic E-state index is 0.474. The van der Waals surface area contributed by atoms with Crippen LogP contribution in [0.5, 0.6) is 0 Å². The predicted octanol–water partition coefficient (Wildman–Crippen LogP) is 4.85. The number of anilines is 1. The molecule has 3 aliphatic rings. The first-order chi connectivity index (χ1) is 10.8. The van der Waals surface area contributed by atoms with E-state index in [1.54, 1.807) is 11.1 Å². The highest BCUT2D eigenvalue weighted by molar-refractivity contribution is 5.85. The Kier molecular flexibility index (Phi) is 2.31. The van der Waals surface area contributed by atoms with Gasteiger partial charge < -0.3 is 4.90 Å². The predicted molar refractivity (Wildman–Crippen MR) is 92.6 cm³/mol. The average Bonchev–Trinajstić information content (AvgIpc) is 3.02. The lowest BCUT2D eigenvalue weighted by Crippen LogP contribution is -2.28. The molecule has 0 N–H and O–H groups in total. The Morgan fingerprint density at radius 3 is 2.59 bits per heavy atom. The number of fused-ring (bicyclic) bond motifs is 7. The van der Waals surface area contributed by atoms with Gasteiger partial charge in [0.25, 0.3) is 0 Å². The fourth-order valence-electron chi connectivity index (χ4n) is 4.65. The van der Waals surface area contributed by atoms with E-state index in [-0.39, 0.29) is 0 Å². The van der Waals surface area contributed by atoms with Gasteiger partial charge in [-0.25, -0.2) is 0 Å². The van der Waals surface area contributed by atoms with Gasteiger partial charge in [-0.2, -0.15) is 0 Å². The summed E-state index contributed by atoms with van der Waals surface area (Å²) in [5.41, 5.74) is 8.86. The molecule has 0 amide bonds. The summed E-state index contributed by atoms with van der Waals surface area (Å²) in [4.78, 5) is 2.44. The third-order valence-electron chi connectivity index (χ3n) is 5.68. The molecule has 3 atom stereocenters. The van der Waals surface area contributed by atoms with Crippen LogP contribution in [0.3, 0.4) is 0 Å².